The van der Waals surface area contributed by atoms with E-state index in [0.29, 0.717) is 48.5 Å². The molecule has 2 aromatic carbocycles. The number of aryl methyl sites for hydroxylation is 2. The Morgan fingerprint density at radius 1 is 1.00 bits per heavy atom. The first-order valence-corrected chi connectivity index (χ1v) is 11.1. The molecule has 3 aromatic rings. The normalized spacial score (nSPS) is 13.7. The Labute approximate surface area is 197 Å². The van der Waals surface area contributed by atoms with Crippen molar-refractivity contribution in [3.8, 4) is 11.4 Å². The van der Waals surface area contributed by atoms with E-state index in [4.69, 9.17) is 16.3 Å². The van der Waals surface area contributed by atoms with Gasteiger partial charge in [-0.25, -0.2) is 4.79 Å². The Bertz CT molecular complexity index is 1240. The first-order valence-electron chi connectivity index (χ1n) is 10.7. The number of carbonyl (C=O) groups is 1. The number of nitrogens with zero attached hydrogens (tertiary/aromatic N) is 4. The Hall–Kier alpha value is -3.52. The zero-order valence-corrected chi connectivity index (χ0v) is 19.6. The Morgan fingerprint density at radius 2 is 1.76 bits per heavy atom. The fourth-order valence-corrected chi connectivity index (χ4v) is 3.90. The number of halogens is 1. The molecule has 0 spiro atoms. The van der Waals surface area contributed by atoms with Gasteiger partial charge in [-0.2, -0.15) is 4.68 Å². The Morgan fingerprint density at radius 3 is 2.45 bits per heavy atom. The van der Waals surface area contributed by atoms with Gasteiger partial charge in [0.25, 0.3) is 5.56 Å². The minimum atomic E-state index is -0.219. The summed E-state index contributed by atoms with van der Waals surface area (Å²) in [5.41, 5.74) is 3.34. The van der Waals surface area contributed by atoms with Gasteiger partial charge in [0.15, 0.2) is 0 Å². The minimum Gasteiger partial charge on any atom is -0.495 e. The van der Waals surface area contributed by atoms with Gasteiger partial charge in [0.2, 0.25) is 0 Å². The lowest BCUT2D eigenvalue weighted by molar-refractivity contribution is 0.208. The Balaban J connectivity index is 1.45. The first-order chi connectivity index (χ1) is 15.9. The van der Waals surface area contributed by atoms with Crippen molar-refractivity contribution in [1.82, 2.24) is 14.7 Å². The Kier molecular flexibility index (Phi) is 6.55. The predicted octanol–water partition coefficient (Wildman–Crippen LogP) is 3.87. The summed E-state index contributed by atoms with van der Waals surface area (Å²) in [5, 5.41) is 7.97. The van der Waals surface area contributed by atoms with Gasteiger partial charge in [0.05, 0.1) is 18.5 Å². The summed E-state index contributed by atoms with van der Waals surface area (Å²) in [6, 6.07) is 14.0. The number of nitrogens with one attached hydrogen (secondary N) is 1. The molecule has 0 radical (unpaired) electrons. The lowest BCUT2D eigenvalue weighted by Gasteiger charge is -2.35. The van der Waals surface area contributed by atoms with Crippen LogP contribution in [0.5, 0.6) is 5.75 Å². The van der Waals surface area contributed by atoms with Gasteiger partial charge >= 0.3 is 6.03 Å². The van der Waals surface area contributed by atoms with Crippen molar-refractivity contribution >= 4 is 29.1 Å². The molecule has 0 aliphatic carbocycles. The topological polar surface area (TPSA) is 79.7 Å². The molecule has 4 rings (SSSR count). The highest BCUT2D eigenvalue weighted by Crippen LogP contribution is 2.28. The molecule has 2 heterocycles. The fourth-order valence-electron chi connectivity index (χ4n) is 3.72. The number of carbonyl (C=O) groups excluding carboxylic acids is 1. The molecule has 0 bridgehead atoms. The molecule has 172 valence electrons. The van der Waals surface area contributed by atoms with E-state index < -0.39 is 0 Å². The zero-order valence-electron chi connectivity index (χ0n) is 18.8. The number of rotatable bonds is 4. The molecule has 1 aliphatic heterocycles. The molecule has 1 aliphatic rings. The SMILES string of the molecule is COc1ccc(Cl)cc1NC(=O)N1CCN(c2ccc(=O)n(-c3ccc(C)c(C)c3)n2)CC1. The van der Waals surface area contributed by atoms with Crippen LogP contribution in [-0.4, -0.2) is 54.0 Å². The van der Waals surface area contributed by atoms with Crippen molar-refractivity contribution in [2.45, 2.75) is 13.8 Å². The van der Waals surface area contributed by atoms with Crippen molar-refractivity contribution in [3.63, 3.8) is 0 Å². The lowest BCUT2D eigenvalue weighted by Crippen LogP contribution is -2.50. The second-order valence-corrected chi connectivity index (χ2v) is 8.40. The number of piperazine rings is 1. The second-order valence-electron chi connectivity index (χ2n) is 7.96. The molecule has 0 atom stereocenters. The number of hydrogen-bond donors (Lipinski definition) is 1. The van der Waals surface area contributed by atoms with Crippen LogP contribution < -0.4 is 20.5 Å². The van der Waals surface area contributed by atoms with Crippen molar-refractivity contribution < 1.29 is 9.53 Å². The summed E-state index contributed by atoms with van der Waals surface area (Å²) in [6.07, 6.45) is 0. The van der Waals surface area contributed by atoms with E-state index >= 15 is 0 Å². The fraction of sp³-hybridized carbons (Fsp3) is 0.292. The first kappa shape index (κ1) is 22.7. The molecular formula is C24H26ClN5O3. The highest BCUT2D eigenvalue weighted by molar-refractivity contribution is 6.31. The van der Waals surface area contributed by atoms with Gasteiger partial charge in [-0.05, 0) is 61.4 Å². The predicted molar refractivity (Wildman–Crippen MR) is 130 cm³/mol. The van der Waals surface area contributed by atoms with E-state index in [0.717, 1.165) is 16.8 Å². The monoisotopic (exact) mass is 467 g/mol. The number of ether oxygens (including phenoxy) is 1. The van der Waals surface area contributed by atoms with Crippen LogP contribution >= 0.6 is 11.6 Å². The molecular weight excluding hydrogens is 442 g/mol. The maximum atomic E-state index is 12.8. The number of hydrogen-bond acceptors (Lipinski definition) is 5. The number of anilines is 2. The molecule has 1 aromatic heterocycles. The van der Waals surface area contributed by atoms with E-state index in [1.165, 1.54) is 10.7 Å². The van der Waals surface area contributed by atoms with Gasteiger partial charge < -0.3 is 19.9 Å². The van der Waals surface area contributed by atoms with Gasteiger partial charge in [0.1, 0.15) is 11.6 Å². The average molecular weight is 468 g/mol. The van der Waals surface area contributed by atoms with Gasteiger partial charge in [-0.15, -0.1) is 5.10 Å². The van der Waals surface area contributed by atoms with Crippen molar-refractivity contribution in [2.75, 3.05) is 43.5 Å². The largest absolute Gasteiger partial charge is 0.495 e. The van der Waals surface area contributed by atoms with E-state index in [1.807, 2.05) is 32.0 Å². The molecule has 2 amide bonds. The molecule has 8 nitrogen and oxygen atoms in total. The molecule has 1 saturated heterocycles. The van der Waals surface area contributed by atoms with Crippen LogP contribution in [0, 0.1) is 13.8 Å². The molecule has 0 unspecified atom stereocenters. The number of aromatic nitrogens is 2. The van der Waals surface area contributed by atoms with Crippen LogP contribution in [-0.2, 0) is 0 Å². The highest BCUT2D eigenvalue weighted by atomic mass is 35.5. The van der Waals surface area contributed by atoms with Crippen LogP contribution in [0.15, 0.2) is 53.3 Å². The summed E-state index contributed by atoms with van der Waals surface area (Å²) in [5.74, 6) is 1.24. The van der Waals surface area contributed by atoms with Crippen molar-refractivity contribution in [2.24, 2.45) is 0 Å². The summed E-state index contributed by atoms with van der Waals surface area (Å²) in [7, 11) is 1.54. The van der Waals surface area contributed by atoms with E-state index in [9.17, 15) is 9.59 Å². The van der Waals surface area contributed by atoms with Gasteiger partial charge in [0, 0.05) is 37.3 Å². The third-order valence-electron chi connectivity index (χ3n) is 5.82. The van der Waals surface area contributed by atoms with Crippen molar-refractivity contribution in [1.29, 1.82) is 0 Å². The average Bonchev–Trinajstić information content (AvgIpc) is 2.81. The third-order valence-corrected chi connectivity index (χ3v) is 6.05. The summed E-state index contributed by atoms with van der Waals surface area (Å²) < 4.78 is 6.72. The summed E-state index contributed by atoms with van der Waals surface area (Å²) in [4.78, 5) is 29.0. The smallest absolute Gasteiger partial charge is 0.322 e. The molecule has 0 saturated carbocycles. The van der Waals surface area contributed by atoms with Crippen LogP contribution in [0.4, 0.5) is 16.3 Å². The van der Waals surface area contributed by atoms with Gasteiger partial charge in [-0.3, -0.25) is 4.79 Å². The molecule has 9 heteroatoms. The van der Waals surface area contributed by atoms with E-state index in [2.05, 4.69) is 15.3 Å². The maximum Gasteiger partial charge on any atom is 0.322 e. The minimum absolute atomic E-state index is 0.185. The number of amides is 2. The van der Waals surface area contributed by atoms with Crippen LogP contribution in [0.25, 0.3) is 5.69 Å². The van der Waals surface area contributed by atoms with Gasteiger partial charge in [-0.1, -0.05) is 17.7 Å². The van der Waals surface area contributed by atoms with Crippen LogP contribution in [0.1, 0.15) is 11.1 Å². The van der Waals surface area contributed by atoms with Crippen LogP contribution in [0.3, 0.4) is 0 Å². The van der Waals surface area contributed by atoms with Crippen molar-refractivity contribution in [3.05, 3.63) is 75.0 Å². The lowest BCUT2D eigenvalue weighted by atomic mass is 10.1. The van der Waals surface area contributed by atoms with E-state index in [1.54, 1.807) is 36.3 Å². The second kappa shape index (κ2) is 9.54. The number of methoxy groups -OCH3 is 1. The molecule has 1 fully saturated rings. The number of urea groups is 1. The van der Waals surface area contributed by atoms with E-state index in [-0.39, 0.29) is 11.6 Å². The van der Waals surface area contributed by atoms with Crippen LogP contribution in [0.2, 0.25) is 5.02 Å². The standard InChI is InChI=1S/C24H26ClN5O3/c1-16-4-6-19(14-17(16)2)30-23(31)9-8-22(27-30)28-10-12-29(13-11-28)24(32)26-20-15-18(25)5-7-21(20)33-3/h4-9,14-15H,10-13H2,1-3H3,(H,26,32). The quantitative estimate of drug-likeness (QED) is 0.630. The zero-order chi connectivity index (χ0) is 23.5. The summed E-state index contributed by atoms with van der Waals surface area (Å²) >= 11 is 6.06. The third kappa shape index (κ3) is 4.96. The summed E-state index contributed by atoms with van der Waals surface area (Å²) in [6.45, 7) is 6.26. The molecule has 33 heavy (non-hydrogen) atoms. The number of benzene rings is 2. The molecule has 1 N–H and O–H groups in total. The maximum absolute atomic E-state index is 12.8. The highest BCUT2D eigenvalue weighted by Gasteiger charge is 2.23.